The SMILES string of the molecule is CC1(C)c2ccccc2-c2cc3c(cc21)-c1ccc(-c2c4ccccc4c(-c4ccccc4)c4cc5c(cc24)-c2ccccc2C5(C)C)cc1C3(C)C. The van der Waals surface area contributed by atoms with E-state index >= 15 is 0 Å². The molecule has 0 heterocycles. The van der Waals surface area contributed by atoms with E-state index in [1.807, 2.05) is 0 Å². The summed E-state index contributed by atoms with van der Waals surface area (Å²) in [4.78, 5) is 0. The molecule has 0 aromatic heterocycles. The molecule has 53 heavy (non-hydrogen) atoms. The first-order valence-electron chi connectivity index (χ1n) is 19.2. The van der Waals surface area contributed by atoms with Crippen LogP contribution in [0.15, 0.2) is 146 Å². The fourth-order valence-electron chi connectivity index (χ4n) is 10.7. The third-order valence-electron chi connectivity index (χ3n) is 13.5. The molecule has 0 N–H and O–H groups in total. The first kappa shape index (κ1) is 30.9. The van der Waals surface area contributed by atoms with Gasteiger partial charge in [-0.3, -0.25) is 0 Å². The molecule has 0 unspecified atom stereocenters. The second-order valence-electron chi connectivity index (χ2n) is 17.3. The molecule has 0 nitrogen and oxygen atoms in total. The van der Waals surface area contributed by atoms with Crippen molar-refractivity contribution in [2.75, 3.05) is 0 Å². The van der Waals surface area contributed by atoms with Gasteiger partial charge in [0, 0.05) is 16.2 Å². The van der Waals surface area contributed by atoms with Gasteiger partial charge in [0.05, 0.1) is 0 Å². The van der Waals surface area contributed by atoms with Crippen LogP contribution in [0.5, 0.6) is 0 Å². The van der Waals surface area contributed by atoms with E-state index in [2.05, 4.69) is 187 Å². The molecule has 254 valence electrons. The summed E-state index contributed by atoms with van der Waals surface area (Å²) >= 11 is 0. The van der Waals surface area contributed by atoms with E-state index in [-0.39, 0.29) is 16.2 Å². The van der Waals surface area contributed by atoms with Crippen LogP contribution in [-0.2, 0) is 16.2 Å². The van der Waals surface area contributed by atoms with Crippen LogP contribution in [0, 0.1) is 0 Å². The third kappa shape index (κ3) is 3.91. The predicted molar refractivity (Wildman–Crippen MR) is 225 cm³/mol. The zero-order chi connectivity index (χ0) is 36.0. The molecule has 8 aromatic rings. The van der Waals surface area contributed by atoms with E-state index in [1.54, 1.807) is 0 Å². The summed E-state index contributed by atoms with van der Waals surface area (Å²) in [6.45, 7) is 14.4. The van der Waals surface area contributed by atoms with Crippen molar-refractivity contribution < 1.29 is 0 Å². The van der Waals surface area contributed by atoms with Gasteiger partial charge >= 0.3 is 0 Å². The average Bonchev–Trinajstić information content (AvgIpc) is 3.64. The highest BCUT2D eigenvalue weighted by Gasteiger charge is 2.42. The molecule has 0 saturated heterocycles. The van der Waals surface area contributed by atoms with Crippen molar-refractivity contribution >= 4 is 21.5 Å². The van der Waals surface area contributed by atoms with E-state index in [0.717, 1.165) is 0 Å². The lowest BCUT2D eigenvalue weighted by atomic mass is 9.78. The van der Waals surface area contributed by atoms with Crippen molar-refractivity contribution in [2.45, 2.75) is 57.8 Å². The Bertz CT molecular complexity index is 2900. The Morgan fingerprint density at radius 2 is 0.679 bits per heavy atom. The zero-order valence-corrected chi connectivity index (χ0v) is 31.4. The lowest BCUT2D eigenvalue weighted by molar-refractivity contribution is 0.652. The maximum atomic E-state index is 2.54. The van der Waals surface area contributed by atoms with Crippen LogP contribution in [0.3, 0.4) is 0 Å². The minimum Gasteiger partial charge on any atom is -0.0622 e. The van der Waals surface area contributed by atoms with Crippen molar-refractivity contribution in [1.29, 1.82) is 0 Å². The molecule has 3 aliphatic carbocycles. The summed E-state index contributed by atoms with van der Waals surface area (Å²) in [5.41, 5.74) is 21.7. The van der Waals surface area contributed by atoms with Crippen molar-refractivity contribution in [3.8, 4) is 55.6 Å². The predicted octanol–water partition coefficient (Wildman–Crippen LogP) is 14.2. The number of fused-ring (bicyclic) bond motifs is 11. The summed E-state index contributed by atoms with van der Waals surface area (Å²) in [6, 6.07) is 55.7. The van der Waals surface area contributed by atoms with Crippen LogP contribution in [0.2, 0.25) is 0 Å². The highest BCUT2D eigenvalue weighted by atomic mass is 14.4. The molecule has 0 spiro atoms. The minimum absolute atomic E-state index is 0.0282. The first-order chi connectivity index (χ1) is 25.6. The van der Waals surface area contributed by atoms with Crippen LogP contribution in [0.1, 0.15) is 74.9 Å². The normalized spacial score (nSPS) is 16.2. The summed E-state index contributed by atoms with van der Waals surface area (Å²) in [7, 11) is 0. The second kappa shape index (κ2) is 10.2. The molecular formula is C53H42. The topological polar surface area (TPSA) is 0 Å². The van der Waals surface area contributed by atoms with E-state index in [9.17, 15) is 0 Å². The van der Waals surface area contributed by atoms with E-state index < -0.39 is 0 Å². The third-order valence-corrected chi connectivity index (χ3v) is 13.5. The molecule has 0 amide bonds. The zero-order valence-electron chi connectivity index (χ0n) is 31.4. The molecule has 0 bridgehead atoms. The first-order valence-corrected chi connectivity index (χ1v) is 19.2. The Labute approximate surface area is 312 Å². The average molecular weight is 679 g/mol. The van der Waals surface area contributed by atoms with E-state index in [1.165, 1.54) is 111 Å². The molecule has 8 aromatic carbocycles. The van der Waals surface area contributed by atoms with E-state index in [0.29, 0.717) is 0 Å². The van der Waals surface area contributed by atoms with Crippen molar-refractivity contribution in [1.82, 2.24) is 0 Å². The van der Waals surface area contributed by atoms with Crippen LogP contribution < -0.4 is 0 Å². The van der Waals surface area contributed by atoms with E-state index in [4.69, 9.17) is 0 Å². The van der Waals surface area contributed by atoms with Crippen LogP contribution in [0.4, 0.5) is 0 Å². The monoisotopic (exact) mass is 678 g/mol. The standard InChI is InChI=1S/C53H42/c1-51(2)44-23-15-13-19-34(44)39-28-47-40(29-46(39)51)35-25-24-32(26-45(35)53(47,5)6)50-37-21-11-10-20-36(37)49(31-16-8-7-9-17-31)42-30-48-38(27-41(42)50)33-18-12-14-22-43(33)52(48,3)4/h7-30H,1-6H3. The Kier molecular flexibility index (Phi) is 5.96. The largest absolute Gasteiger partial charge is 0.0622 e. The van der Waals surface area contributed by atoms with Crippen molar-refractivity contribution in [3.63, 3.8) is 0 Å². The van der Waals surface area contributed by atoms with Gasteiger partial charge in [-0.25, -0.2) is 0 Å². The molecule has 3 aliphatic rings. The molecule has 11 rings (SSSR count). The lowest BCUT2D eigenvalue weighted by Crippen LogP contribution is -2.17. The fraction of sp³-hybridized carbons (Fsp3) is 0.170. The van der Waals surface area contributed by atoms with Gasteiger partial charge in [-0.2, -0.15) is 0 Å². The number of hydrogen-bond donors (Lipinski definition) is 0. The molecule has 0 fully saturated rings. The quantitative estimate of drug-likeness (QED) is 0.160. The number of benzene rings is 8. The van der Waals surface area contributed by atoms with Gasteiger partial charge in [-0.15, -0.1) is 0 Å². The fourth-order valence-corrected chi connectivity index (χ4v) is 10.7. The van der Waals surface area contributed by atoms with Gasteiger partial charge in [0.25, 0.3) is 0 Å². The number of rotatable bonds is 2. The summed E-state index contributed by atoms with van der Waals surface area (Å²) in [5, 5.41) is 5.24. The Morgan fingerprint density at radius 1 is 0.264 bits per heavy atom. The molecular weight excluding hydrogens is 637 g/mol. The summed E-state index contributed by atoms with van der Waals surface area (Å²) in [6.07, 6.45) is 0. The van der Waals surface area contributed by atoms with Gasteiger partial charge in [-0.05, 0) is 141 Å². The molecule has 0 heteroatoms. The Morgan fingerprint density at radius 3 is 1.28 bits per heavy atom. The maximum Gasteiger partial charge on any atom is 0.0159 e. The van der Waals surface area contributed by atoms with Crippen molar-refractivity contribution in [3.05, 3.63) is 179 Å². The smallest absolute Gasteiger partial charge is 0.0159 e. The van der Waals surface area contributed by atoms with Gasteiger partial charge in [-0.1, -0.05) is 157 Å². The molecule has 0 radical (unpaired) electrons. The highest BCUT2D eigenvalue weighted by molar-refractivity contribution is 6.22. The van der Waals surface area contributed by atoms with Gasteiger partial charge in [0.15, 0.2) is 0 Å². The summed E-state index contributed by atoms with van der Waals surface area (Å²) < 4.78 is 0. The Hall–Kier alpha value is -5.72. The summed E-state index contributed by atoms with van der Waals surface area (Å²) in [5.74, 6) is 0. The highest BCUT2D eigenvalue weighted by Crippen LogP contribution is 2.58. The van der Waals surface area contributed by atoms with Gasteiger partial charge < -0.3 is 0 Å². The van der Waals surface area contributed by atoms with Crippen LogP contribution in [0.25, 0.3) is 77.2 Å². The van der Waals surface area contributed by atoms with Gasteiger partial charge in [0.2, 0.25) is 0 Å². The minimum atomic E-state index is -0.142. The Balaban J connectivity index is 1.20. The van der Waals surface area contributed by atoms with Gasteiger partial charge in [0.1, 0.15) is 0 Å². The second-order valence-corrected chi connectivity index (χ2v) is 17.3. The molecule has 0 saturated carbocycles. The lowest BCUT2D eigenvalue weighted by Gasteiger charge is -2.25. The van der Waals surface area contributed by atoms with Crippen molar-refractivity contribution in [2.24, 2.45) is 0 Å². The maximum absolute atomic E-state index is 2.54. The molecule has 0 atom stereocenters. The number of hydrogen-bond acceptors (Lipinski definition) is 0. The van der Waals surface area contributed by atoms with Crippen LogP contribution in [-0.4, -0.2) is 0 Å². The molecule has 0 aliphatic heterocycles. The van der Waals surface area contributed by atoms with Crippen LogP contribution >= 0.6 is 0 Å².